The van der Waals surface area contributed by atoms with Gasteiger partial charge in [-0.2, -0.15) is 0 Å². The summed E-state index contributed by atoms with van der Waals surface area (Å²) in [5.74, 6) is -1.67. The number of nitrogens with zero attached hydrogens (tertiary/aromatic N) is 3. The molecule has 11 heteroatoms. The molecule has 1 saturated heterocycles. The molecule has 2 atom stereocenters. The maximum atomic E-state index is 13.5. The van der Waals surface area contributed by atoms with Crippen LogP contribution in [0, 0.1) is 5.82 Å². The van der Waals surface area contributed by atoms with Gasteiger partial charge in [-0.05, 0) is 50.0 Å². The summed E-state index contributed by atoms with van der Waals surface area (Å²) in [6.45, 7) is 9.66. The number of hydrazine groups is 1. The summed E-state index contributed by atoms with van der Waals surface area (Å²) < 4.78 is 18.4. The lowest BCUT2D eigenvalue weighted by atomic mass is 9.97. The molecule has 10 nitrogen and oxygen atoms in total. The molecule has 3 N–H and O–H groups in total. The molecule has 2 rings (SSSR count). The van der Waals surface area contributed by atoms with Gasteiger partial charge in [0.15, 0.2) is 0 Å². The molecule has 2 unspecified atom stereocenters. The van der Waals surface area contributed by atoms with Gasteiger partial charge in [-0.3, -0.25) is 24.3 Å². The lowest BCUT2D eigenvalue weighted by molar-refractivity contribution is -0.134. The van der Waals surface area contributed by atoms with E-state index in [0.717, 1.165) is 23.9 Å². The third-order valence-corrected chi connectivity index (χ3v) is 6.50. The van der Waals surface area contributed by atoms with Crippen molar-refractivity contribution in [1.29, 1.82) is 0 Å². The summed E-state index contributed by atoms with van der Waals surface area (Å²) in [5, 5.41) is 21.6. The Balaban J connectivity index is 0.00000391. The summed E-state index contributed by atoms with van der Waals surface area (Å²) >= 11 is 0. The molecule has 40 heavy (non-hydrogen) atoms. The molecule has 1 heterocycles. The number of aliphatic hydroxyl groups is 2. The number of amides is 3. The first-order valence-electron chi connectivity index (χ1n) is 13.8. The first-order chi connectivity index (χ1) is 19.1. The third-order valence-electron chi connectivity index (χ3n) is 6.50. The van der Waals surface area contributed by atoms with E-state index in [1.165, 1.54) is 37.1 Å². The number of halogens is 1. The van der Waals surface area contributed by atoms with Crippen LogP contribution in [0.5, 0.6) is 0 Å². The molecular formula is C29H45FN4O6. The number of benzene rings is 1. The highest BCUT2D eigenvalue weighted by Gasteiger charge is 2.52. The quantitative estimate of drug-likeness (QED) is 0.129. The molecule has 1 aliphatic rings. The number of ether oxygens (including phenoxy) is 1. The normalized spacial score (nSPS) is 18.9. The number of hydrogen-bond acceptors (Lipinski definition) is 7. The molecule has 0 spiro atoms. The molecule has 224 valence electrons. The van der Waals surface area contributed by atoms with E-state index in [-0.39, 0.29) is 37.7 Å². The minimum atomic E-state index is -1.34. The average molecular weight is 565 g/mol. The van der Waals surface area contributed by atoms with Crippen LogP contribution in [0.2, 0.25) is 0 Å². The van der Waals surface area contributed by atoms with Gasteiger partial charge in [0.2, 0.25) is 6.41 Å². The van der Waals surface area contributed by atoms with Crippen molar-refractivity contribution in [3.05, 3.63) is 59.3 Å². The standard InChI is InChI=1S/C27H39FN4O6.C2H6/c1-5-7-12-27(6-2)30(13-14-38-4)26(37)24(31(27)19-33)16-23(35)18-32(25(36)15-20(3)34)29-17-21-8-10-22(28)11-9-21;1-2/h8-11,15-16,19,23,29,34-35H,5-7,12-14,17-18H2,1-4H3;1-2H3/b20-15?,24-16+;. The topological polar surface area (TPSA) is 123 Å². The summed E-state index contributed by atoms with van der Waals surface area (Å²) in [6.07, 6.45) is 4.23. The van der Waals surface area contributed by atoms with Crippen molar-refractivity contribution in [3.63, 3.8) is 0 Å². The number of nitrogens with one attached hydrogen (secondary N) is 1. The van der Waals surface area contributed by atoms with E-state index in [2.05, 4.69) is 5.43 Å². The predicted molar refractivity (Wildman–Crippen MR) is 151 cm³/mol. The van der Waals surface area contributed by atoms with Gasteiger partial charge in [-0.25, -0.2) is 9.82 Å². The monoisotopic (exact) mass is 564 g/mol. The Labute approximate surface area is 237 Å². The Morgan fingerprint density at radius 1 is 1.25 bits per heavy atom. The zero-order chi connectivity index (χ0) is 30.3. The van der Waals surface area contributed by atoms with Crippen molar-refractivity contribution in [2.24, 2.45) is 0 Å². The van der Waals surface area contributed by atoms with Crippen LogP contribution in [0.15, 0.2) is 47.9 Å². The Morgan fingerprint density at radius 3 is 2.42 bits per heavy atom. The van der Waals surface area contributed by atoms with E-state index in [1.807, 2.05) is 27.7 Å². The SMILES string of the molecule is CC.CCCCC1(CC)N(CCOC)C(=O)/C(=C\C(O)CN(NCc2ccc(F)cc2)C(=O)C=C(C)O)N1C=O. The molecule has 0 radical (unpaired) electrons. The third kappa shape index (κ3) is 9.14. The average Bonchev–Trinajstić information content (AvgIpc) is 3.16. The predicted octanol–water partition coefficient (Wildman–Crippen LogP) is 3.64. The molecule has 0 saturated carbocycles. The number of aliphatic hydroxyl groups excluding tert-OH is 2. The van der Waals surface area contributed by atoms with Crippen LogP contribution in [0.1, 0.15) is 65.9 Å². The van der Waals surface area contributed by atoms with E-state index in [1.54, 1.807) is 17.0 Å². The Hall–Kier alpha value is -3.28. The fraction of sp³-hybridized carbons (Fsp3) is 0.552. The van der Waals surface area contributed by atoms with Crippen molar-refractivity contribution in [1.82, 2.24) is 20.2 Å². The van der Waals surface area contributed by atoms with Gasteiger partial charge in [-0.1, -0.05) is 46.2 Å². The number of carbonyl (C=O) groups is 3. The number of unbranched alkanes of at least 4 members (excludes halogenated alkanes) is 1. The number of carbonyl (C=O) groups excluding carboxylic acids is 3. The minimum absolute atomic E-state index is 0.0290. The van der Waals surface area contributed by atoms with Gasteiger partial charge in [0.05, 0.1) is 25.0 Å². The Bertz CT molecular complexity index is 1010. The number of rotatable bonds is 15. The highest BCUT2D eigenvalue weighted by atomic mass is 19.1. The summed E-state index contributed by atoms with van der Waals surface area (Å²) in [7, 11) is 1.53. The van der Waals surface area contributed by atoms with Crippen LogP contribution in [-0.4, -0.2) is 81.8 Å². The van der Waals surface area contributed by atoms with Crippen molar-refractivity contribution < 1.29 is 33.7 Å². The van der Waals surface area contributed by atoms with E-state index < -0.39 is 29.4 Å². The number of hydrogen-bond donors (Lipinski definition) is 3. The Morgan fingerprint density at radius 2 is 1.90 bits per heavy atom. The first kappa shape index (κ1) is 34.7. The van der Waals surface area contributed by atoms with Crippen LogP contribution in [0.3, 0.4) is 0 Å². The smallest absolute Gasteiger partial charge is 0.272 e. The largest absolute Gasteiger partial charge is 0.512 e. The molecule has 1 fully saturated rings. The number of allylic oxidation sites excluding steroid dienone is 1. The zero-order valence-electron chi connectivity index (χ0n) is 24.5. The Kier molecular flexibility index (Phi) is 15.1. The van der Waals surface area contributed by atoms with Gasteiger partial charge in [0.25, 0.3) is 11.8 Å². The van der Waals surface area contributed by atoms with Crippen LogP contribution < -0.4 is 5.43 Å². The van der Waals surface area contributed by atoms with Crippen molar-refractivity contribution in [2.45, 2.75) is 78.6 Å². The minimum Gasteiger partial charge on any atom is -0.512 e. The maximum absolute atomic E-state index is 13.5. The zero-order valence-corrected chi connectivity index (χ0v) is 24.5. The fourth-order valence-electron chi connectivity index (χ4n) is 4.54. The second-order valence-corrected chi connectivity index (χ2v) is 9.18. The molecule has 0 bridgehead atoms. The van der Waals surface area contributed by atoms with Crippen molar-refractivity contribution in [2.75, 3.05) is 26.8 Å². The van der Waals surface area contributed by atoms with Crippen molar-refractivity contribution in [3.8, 4) is 0 Å². The molecule has 0 aromatic heterocycles. The van der Waals surface area contributed by atoms with Crippen LogP contribution in [-0.2, 0) is 25.7 Å². The van der Waals surface area contributed by atoms with Crippen LogP contribution in [0.25, 0.3) is 0 Å². The van der Waals surface area contributed by atoms with Gasteiger partial charge >= 0.3 is 0 Å². The van der Waals surface area contributed by atoms with E-state index >= 15 is 0 Å². The summed E-state index contributed by atoms with van der Waals surface area (Å²) in [5.41, 5.74) is 2.69. The summed E-state index contributed by atoms with van der Waals surface area (Å²) in [6, 6.07) is 5.66. The van der Waals surface area contributed by atoms with Gasteiger partial charge < -0.3 is 19.8 Å². The maximum Gasteiger partial charge on any atom is 0.272 e. The first-order valence-corrected chi connectivity index (χ1v) is 13.8. The molecule has 3 amide bonds. The van der Waals surface area contributed by atoms with Gasteiger partial charge in [-0.15, -0.1) is 0 Å². The molecule has 1 aromatic carbocycles. The van der Waals surface area contributed by atoms with Crippen molar-refractivity contribution >= 4 is 18.2 Å². The number of methoxy groups -OCH3 is 1. The van der Waals surface area contributed by atoms with E-state index in [9.17, 15) is 29.0 Å². The molecule has 1 aliphatic heterocycles. The van der Waals surface area contributed by atoms with Gasteiger partial charge in [0, 0.05) is 26.3 Å². The lowest BCUT2D eigenvalue weighted by Crippen LogP contribution is -2.54. The fourth-order valence-corrected chi connectivity index (χ4v) is 4.54. The molecular weight excluding hydrogens is 519 g/mol. The van der Waals surface area contributed by atoms with E-state index in [0.29, 0.717) is 24.8 Å². The second-order valence-electron chi connectivity index (χ2n) is 9.18. The highest BCUT2D eigenvalue weighted by molar-refractivity contribution is 5.98. The van der Waals surface area contributed by atoms with Crippen LogP contribution >= 0.6 is 0 Å². The lowest BCUT2D eigenvalue weighted by Gasteiger charge is -2.41. The second kappa shape index (κ2) is 17.4. The molecule has 0 aliphatic carbocycles. The van der Waals surface area contributed by atoms with Crippen LogP contribution in [0.4, 0.5) is 4.39 Å². The van der Waals surface area contributed by atoms with E-state index in [4.69, 9.17) is 4.74 Å². The molecule has 1 aromatic rings. The highest BCUT2D eigenvalue weighted by Crippen LogP contribution is 2.39. The summed E-state index contributed by atoms with van der Waals surface area (Å²) in [4.78, 5) is 41.5. The van der Waals surface area contributed by atoms with Gasteiger partial charge in [0.1, 0.15) is 17.2 Å².